The molecule has 0 saturated heterocycles. The highest BCUT2D eigenvalue weighted by molar-refractivity contribution is 7.46. The average Bonchev–Trinajstić information content (AvgIpc) is 2.33. The predicted molar refractivity (Wildman–Crippen MR) is 72.2 cm³/mol. The quantitative estimate of drug-likeness (QED) is 0.228. The van der Waals surface area contributed by atoms with E-state index in [2.05, 4.69) is 4.52 Å². The van der Waals surface area contributed by atoms with E-state index in [1.165, 1.54) is 0 Å². The molecular formula is C9H20N3O9P. The van der Waals surface area contributed by atoms with Gasteiger partial charge in [0.15, 0.2) is 0 Å². The number of primary amides is 1. The number of phosphoric ester groups is 1. The average molecular weight is 345 g/mol. The molecular weight excluding hydrogens is 325 g/mol. The van der Waals surface area contributed by atoms with Crippen LogP contribution < -0.4 is 17.2 Å². The second-order valence-corrected chi connectivity index (χ2v) is 5.31. The van der Waals surface area contributed by atoms with Gasteiger partial charge in [0.25, 0.3) is 0 Å². The molecule has 12 nitrogen and oxygen atoms in total. The summed E-state index contributed by atoms with van der Waals surface area (Å²) in [5.41, 5.74) is 14.8. The molecule has 10 N–H and O–H groups in total. The zero-order chi connectivity index (χ0) is 18.1. The number of carbonyl (C=O) groups is 3. The summed E-state index contributed by atoms with van der Waals surface area (Å²) in [5, 5.41) is 16.5. The van der Waals surface area contributed by atoms with Crippen molar-refractivity contribution in [2.75, 3.05) is 0 Å². The monoisotopic (exact) mass is 345 g/mol. The van der Waals surface area contributed by atoms with E-state index in [-0.39, 0.29) is 12.8 Å². The molecule has 0 saturated carbocycles. The van der Waals surface area contributed by atoms with E-state index in [1.54, 1.807) is 0 Å². The number of rotatable bonds is 8. The van der Waals surface area contributed by atoms with Crippen molar-refractivity contribution >= 4 is 25.7 Å². The normalized spacial score (nSPS) is 15.0. The summed E-state index contributed by atoms with van der Waals surface area (Å²) in [7, 11) is -4.66. The lowest BCUT2D eigenvalue weighted by molar-refractivity contribution is -0.141. The molecule has 0 aliphatic carbocycles. The summed E-state index contributed by atoms with van der Waals surface area (Å²) < 4.78 is 14.2. The highest BCUT2D eigenvalue weighted by atomic mass is 31.2. The summed E-state index contributed by atoms with van der Waals surface area (Å²) in [5.74, 6) is -3.02. The van der Waals surface area contributed by atoms with Crippen molar-refractivity contribution in [3.63, 3.8) is 0 Å². The molecule has 0 radical (unpaired) electrons. The number of hydrogen-bond acceptors (Lipinski definition) is 7. The van der Waals surface area contributed by atoms with Crippen molar-refractivity contribution in [2.45, 2.75) is 38.0 Å². The molecule has 0 aromatic heterocycles. The van der Waals surface area contributed by atoms with Crippen LogP contribution in [0.5, 0.6) is 0 Å². The number of nitrogens with two attached hydrogens (primary N) is 3. The van der Waals surface area contributed by atoms with Gasteiger partial charge in [0.2, 0.25) is 5.91 Å². The first-order valence-electron chi connectivity index (χ1n) is 5.77. The van der Waals surface area contributed by atoms with Crippen LogP contribution in [0.2, 0.25) is 0 Å². The minimum Gasteiger partial charge on any atom is -0.480 e. The molecule has 1 amide bonds. The lowest BCUT2D eigenvalue weighted by atomic mass is 10.2. The van der Waals surface area contributed by atoms with Gasteiger partial charge in [-0.05, 0) is 13.3 Å². The fourth-order valence-corrected chi connectivity index (χ4v) is 1.47. The van der Waals surface area contributed by atoms with Gasteiger partial charge in [0.1, 0.15) is 12.1 Å². The summed E-state index contributed by atoms with van der Waals surface area (Å²) in [6, 6.07) is -2.43. The van der Waals surface area contributed by atoms with Crippen LogP contribution >= 0.6 is 7.82 Å². The molecule has 0 bridgehead atoms. The molecule has 0 rings (SSSR count). The second kappa shape index (κ2) is 10.2. The largest absolute Gasteiger partial charge is 0.480 e. The van der Waals surface area contributed by atoms with Crippen LogP contribution in [0.4, 0.5) is 0 Å². The van der Waals surface area contributed by atoms with E-state index in [1.807, 2.05) is 0 Å². The SMILES string of the molecule is C[C@@H](OP(=O)(O)O)[C@H](N)C(=O)O.NC(=O)CC[C@H](N)C(=O)O. The molecule has 0 aliphatic heterocycles. The van der Waals surface area contributed by atoms with Crippen LogP contribution in [-0.4, -0.2) is 56.0 Å². The first-order valence-corrected chi connectivity index (χ1v) is 7.30. The molecule has 130 valence electrons. The molecule has 0 heterocycles. The minimum atomic E-state index is -4.66. The first kappa shape index (κ1) is 22.7. The highest BCUT2D eigenvalue weighted by Crippen LogP contribution is 2.37. The predicted octanol–water partition coefficient (Wildman–Crippen LogP) is -2.44. The maximum absolute atomic E-state index is 10.2. The van der Waals surface area contributed by atoms with Gasteiger partial charge in [-0.1, -0.05) is 0 Å². The Bertz CT molecular complexity index is 438. The van der Waals surface area contributed by atoms with Gasteiger partial charge < -0.3 is 37.2 Å². The van der Waals surface area contributed by atoms with E-state index in [9.17, 15) is 18.9 Å². The van der Waals surface area contributed by atoms with E-state index in [0.29, 0.717) is 0 Å². The third-order valence-electron chi connectivity index (χ3n) is 2.11. The molecule has 0 fully saturated rings. The van der Waals surface area contributed by atoms with Crippen LogP contribution in [0.1, 0.15) is 19.8 Å². The fourth-order valence-electron chi connectivity index (χ4n) is 0.904. The molecule has 0 aliphatic rings. The third-order valence-corrected chi connectivity index (χ3v) is 2.72. The number of carbonyl (C=O) groups excluding carboxylic acids is 1. The Hall–Kier alpha value is -1.56. The van der Waals surface area contributed by atoms with Crippen LogP contribution in [-0.2, 0) is 23.5 Å². The van der Waals surface area contributed by atoms with Crippen molar-refractivity contribution in [1.29, 1.82) is 0 Å². The van der Waals surface area contributed by atoms with Crippen molar-refractivity contribution < 1.29 is 43.5 Å². The van der Waals surface area contributed by atoms with Crippen LogP contribution in [0.25, 0.3) is 0 Å². The minimum absolute atomic E-state index is 0.0213. The number of carboxylic acid groups (broad SMARTS) is 2. The number of hydrogen-bond donors (Lipinski definition) is 7. The van der Waals surface area contributed by atoms with Crippen molar-refractivity contribution in [3.8, 4) is 0 Å². The molecule has 0 aromatic rings. The Kier molecular flexibility index (Phi) is 10.5. The van der Waals surface area contributed by atoms with Gasteiger partial charge in [-0.25, -0.2) is 4.57 Å². The molecule has 0 unspecified atom stereocenters. The van der Waals surface area contributed by atoms with Gasteiger partial charge >= 0.3 is 19.8 Å². The first-order chi connectivity index (χ1) is 9.77. The number of aliphatic carboxylic acids is 2. The van der Waals surface area contributed by atoms with Gasteiger partial charge in [0, 0.05) is 6.42 Å². The summed E-state index contributed by atoms with van der Waals surface area (Å²) >= 11 is 0. The van der Waals surface area contributed by atoms with Gasteiger partial charge in [-0.2, -0.15) is 0 Å². The number of phosphoric acid groups is 1. The van der Waals surface area contributed by atoms with Crippen molar-refractivity contribution in [2.24, 2.45) is 17.2 Å². The zero-order valence-electron chi connectivity index (χ0n) is 11.7. The molecule has 22 heavy (non-hydrogen) atoms. The number of amides is 1. The standard InChI is InChI=1S/C5H10N2O3.C4H10NO6P/c6-3(5(9)10)1-2-4(7)8;1-2(3(5)4(6)7)11-12(8,9)10/h3H,1-2,6H2,(H2,7,8)(H,9,10);2-3H,5H2,1H3,(H,6,7)(H2,8,9,10)/t3-;2-,3+/m01/s1. The maximum Gasteiger partial charge on any atom is 0.469 e. The topological polar surface area (TPSA) is 236 Å². The Morgan fingerprint density at radius 2 is 1.59 bits per heavy atom. The van der Waals surface area contributed by atoms with E-state index < -0.39 is 43.9 Å². The Balaban J connectivity index is 0. The van der Waals surface area contributed by atoms with E-state index in [0.717, 1.165) is 6.92 Å². The van der Waals surface area contributed by atoms with Crippen LogP contribution in [0, 0.1) is 0 Å². The van der Waals surface area contributed by atoms with Crippen molar-refractivity contribution in [3.05, 3.63) is 0 Å². The Morgan fingerprint density at radius 3 is 1.86 bits per heavy atom. The number of carboxylic acids is 2. The smallest absolute Gasteiger partial charge is 0.469 e. The summed E-state index contributed by atoms with van der Waals surface area (Å²) in [4.78, 5) is 46.8. The molecule has 0 spiro atoms. The van der Waals surface area contributed by atoms with Gasteiger partial charge in [-0.3, -0.25) is 18.9 Å². The lowest BCUT2D eigenvalue weighted by Crippen LogP contribution is -2.41. The Morgan fingerprint density at radius 1 is 1.14 bits per heavy atom. The van der Waals surface area contributed by atoms with Gasteiger partial charge in [-0.15, -0.1) is 0 Å². The second-order valence-electron chi connectivity index (χ2n) is 4.11. The molecule has 3 atom stereocenters. The third kappa shape index (κ3) is 13.4. The van der Waals surface area contributed by atoms with E-state index >= 15 is 0 Å². The molecule has 13 heteroatoms. The maximum atomic E-state index is 10.2. The molecule has 0 aromatic carbocycles. The Labute approximate surface area is 125 Å². The lowest BCUT2D eigenvalue weighted by Gasteiger charge is -2.16. The fraction of sp³-hybridized carbons (Fsp3) is 0.667. The van der Waals surface area contributed by atoms with Crippen LogP contribution in [0.3, 0.4) is 0 Å². The van der Waals surface area contributed by atoms with Crippen molar-refractivity contribution in [1.82, 2.24) is 0 Å². The summed E-state index contributed by atoms with van der Waals surface area (Å²) in [6.07, 6.45) is -1.11. The van der Waals surface area contributed by atoms with Crippen LogP contribution in [0.15, 0.2) is 0 Å². The highest BCUT2D eigenvalue weighted by Gasteiger charge is 2.27. The zero-order valence-corrected chi connectivity index (χ0v) is 12.6. The summed E-state index contributed by atoms with van der Waals surface area (Å²) in [6.45, 7) is 1.16. The van der Waals surface area contributed by atoms with E-state index in [4.69, 9.17) is 37.2 Å². The van der Waals surface area contributed by atoms with Gasteiger partial charge in [0.05, 0.1) is 6.10 Å².